The van der Waals surface area contributed by atoms with Gasteiger partial charge in [-0.3, -0.25) is 0 Å². The molecule has 2 aromatic carbocycles. The number of ether oxygens (including phenoxy) is 1. The fraction of sp³-hybridized carbons (Fsp3) is 0.136. The molecule has 0 aliphatic heterocycles. The lowest BCUT2D eigenvalue weighted by atomic mass is 10.1. The van der Waals surface area contributed by atoms with Crippen molar-refractivity contribution in [3.8, 4) is 23.0 Å². The van der Waals surface area contributed by atoms with E-state index in [1.807, 2.05) is 12.1 Å². The van der Waals surface area contributed by atoms with Crippen molar-refractivity contribution in [2.45, 2.75) is 20.5 Å². The lowest BCUT2D eigenvalue weighted by Crippen LogP contribution is -2.05. The minimum atomic E-state index is -0.604. The topological polar surface area (TPSA) is 72.8 Å². The molecule has 0 amide bonds. The molecule has 0 saturated carbocycles. The first-order valence-corrected chi connectivity index (χ1v) is 9.53. The first kappa shape index (κ1) is 19.4. The Morgan fingerprint density at radius 1 is 1.00 bits per heavy atom. The van der Waals surface area contributed by atoms with Gasteiger partial charge >= 0.3 is 5.63 Å². The second-order valence-corrected chi connectivity index (χ2v) is 7.50. The molecule has 29 heavy (non-hydrogen) atoms. The molecule has 1 N–H and O–H groups in total. The lowest BCUT2D eigenvalue weighted by Gasteiger charge is -2.08. The molecule has 0 bridgehead atoms. The van der Waals surface area contributed by atoms with Crippen molar-refractivity contribution in [2.75, 3.05) is 0 Å². The molecule has 2 aromatic heterocycles. The highest BCUT2D eigenvalue weighted by Gasteiger charge is 2.18. The molecule has 0 fully saturated rings. The summed E-state index contributed by atoms with van der Waals surface area (Å²) in [6.45, 7) is 3.44. The van der Waals surface area contributed by atoms with Gasteiger partial charge < -0.3 is 18.7 Å². The van der Waals surface area contributed by atoms with E-state index in [4.69, 9.17) is 36.8 Å². The Bertz CT molecular complexity index is 1290. The minimum Gasteiger partial charge on any atom is -0.507 e. The molecule has 4 aromatic rings. The van der Waals surface area contributed by atoms with Gasteiger partial charge in [-0.15, -0.1) is 0 Å². The average Bonchev–Trinajstić information content (AvgIpc) is 3.11. The Balaban J connectivity index is 1.64. The maximum absolute atomic E-state index is 11.9. The minimum absolute atomic E-state index is 0.0967. The second-order valence-electron chi connectivity index (χ2n) is 6.65. The summed E-state index contributed by atoms with van der Waals surface area (Å²) in [6.07, 6.45) is 0. The van der Waals surface area contributed by atoms with E-state index in [1.54, 1.807) is 37.3 Å². The quantitative estimate of drug-likeness (QED) is 0.413. The number of rotatable bonds is 4. The molecule has 0 atom stereocenters. The van der Waals surface area contributed by atoms with Gasteiger partial charge in [0.1, 0.15) is 23.7 Å². The third kappa shape index (κ3) is 3.71. The van der Waals surface area contributed by atoms with Crippen LogP contribution in [0.3, 0.4) is 0 Å². The number of halogens is 2. The van der Waals surface area contributed by atoms with Crippen LogP contribution >= 0.6 is 23.2 Å². The van der Waals surface area contributed by atoms with Crippen molar-refractivity contribution in [1.82, 2.24) is 0 Å². The molecule has 0 saturated heterocycles. The van der Waals surface area contributed by atoms with Gasteiger partial charge in [-0.2, -0.15) is 0 Å². The number of hydrogen-bond acceptors (Lipinski definition) is 5. The molecule has 2 heterocycles. The van der Waals surface area contributed by atoms with E-state index < -0.39 is 5.63 Å². The van der Waals surface area contributed by atoms with E-state index in [1.165, 1.54) is 6.92 Å². The zero-order valence-corrected chi connectivity index (χ0v) is 17.1. The van der Waals surface area contributed by atoms with Crippen molar-refractivity contribution in [1.29, 1.82) is 0 Å². The zero-order valence-electron chi connectivity index (χ0n) is 15.6. The van der Waals surface area contributed by atoms with Gasteiger partial charge in [0.2, 0.25) is 0 Å². The van der Waals surface area contributed by atoms with Crippen LogP contribution in [-0.4, -0.2) is 5.11 Å². The second kappa shape index (κ2) is 7.50. The third-order valence-corrected chi connectivity index (χ3v) is 5.26. The molecule has 0 aliphatic rings. The lowest BCUT2D eigenvalue weighted by molar-refractivity contribution is 0.306. The summed E-state index contributed by atoms with van der Waals surface area (Å²) >= 11 is 12.1. The Morgan fingerprint density at radius 2 is 1.79 bits per heavy atom. The summed E-state index contributed by atoms with van der Waals surface area (Å²) in [4.78, 5) is 11.9. The summed E-state index contributed by atoms with van der Waals surface area (Å²) < 4.78 is 17.0. The normalized spacial score (nSPS) is 11.2. The highest BCUT2D eigenvalue weighted by molar-refractivity contribution is 6.35. The molecule has 0 radical (unpaired) electrons. The molecule has 0 aliphatic carbocycles. The fourth-order valence-electron chi connectivity index (χ4n) is 2.98. The summed E-state index contributed by atoms with van der Waals surface area (Å²) in [5.41, 5.74) is 1.37. The molecular weight excluding hydrogens is 415 g/mol. The van der Waals surface area contributed by atoms with Crippen LogP contribution < -0.4 is 10.4 Å². The first-order valence-electron chi connectivity index (χ1n) is 8.77. The highest BCUT2D eigenvalue weighted by Crippen LogP contribution is 2.35. The number of benzene rings is 2. The van der Waals surface area contributed by atoms with Gasteiger partial charge in [0.25, 0.3) is 0 Å². The number of aromatic hydroxyl groups is 1. The van der Waals surface area contributed by atoms with Crippen molar-refractivity contribution in [2.24, 2.45) is 0 Å². The fourth-order valence-corrected chi connectivity index (χ4v) is 3.44. The maximum Gasteiger partial charge on any atom is 0.343 e. The van der Waals surface area contributed by atoms with E-state index in [0.29, 0.717) is 32.7 Å². The van der Waals surface area contributed by atoms with E-state index in [0.717, 1.165) is 10.9 Å². The van der Waals surface area contributed by atoms with Crippen LogP contribution in [0, 0.1) is 13.8 Å². The molecule has 0 spiro atoms. The SMILES string of the molecule is Cc1c(-c2cc3ccc(OCc4ccc(Cl)cc4Cl)cc3o2)oc(=O)c(C)c1O. The summed E-state index contributed by atoms with van der Waals surface area (Å²) in [5.74, 6) is 1.04. The average molecular weight is 431 g/mol. The summed E-state index contributed by atoms with van der Waals surface area (Å²) in [5, 5.41) is 12.0. The maximum atomic E-state index is 11.9. The van der Waals surface area contributed by atoms with Gasteiger partial charge in [0.05, 0.1) is 5.56 Å². The standard InChI is InChI=1S/C22H16Cl2O5/c1-11-20(25)12(2)22(26)29-21(11)19-7-13-4-6-16(9-18(13)28-19)27-10-14-3-5-15(23)8-17(14)24/h3-9,25H,10H2,1-2H3. The summed E-state index contributed by atoms with van der Waals surface area (Å²) in [6, 6.07) is 12.4. The van der Waals surface area contributed by atoms with Gasteiger partial charge in [-0.05, 0) is 44.2 Å². The molecule has 4 rings (SSSR count). The van der Waals surface area contributed by atoms with E-state index >= 15 is 0 Å². The predicted octanol–water partition coefficient (Wildman–Crippen LogP) is 6.26. The van der Waals surface area contributed by atoms with Crippen molar-refractivity contribution >= 4 is 34.2 Å². The summed E-state index contributed by atoms with van der Waals surface area (Å²) in [7, 11) is 0. The van der Waals surface area contributed by atoms with Crippen molar-refractivity contribution < 1.29 is 18.7 Å². The Labute approximate surface area is 176 Å². The van der Waals surface area contributed by atoms with Crippen LogP contribution in [0.2, 0.25) is 10.0 Å². The molecule has 148 valence electrons. The third-order valence-electron chi connectivity index (χ3n) is 4.68. The molecule has 0 unspecified atom stereocenters. The monoisotopic (exact) mass is 430 g/mol. The largest absolute Gasteiger partial charge is 0.507 e. The smallest absolute Gasteiger partial charge is 0.343 e. The van der Waals surface area contributed by atoms with E-state index in [-0.39, 0.29) is 23.7 Å². The van der Waals surface area contributed by atoms with Crippen LogP contribution in [0.25, 0.3) is 22.5 Å². The number of furan rings is 1. The number of hydrogen-bond donors (Lipinski definition) is 1. The van der Waals surface area contributed by atoms with E-state index in [9.17, 15) is 9.90 Å². The van der Waals surface area contributed by atoms with Crippen LogP contribution in [-0.2, 0) is 6.61 Å². The molecular formula is C22H16Cl2O5. The van der Waals surface area contributed by atoms with Gasteiger partial charge in [-0.25, -0.2) is 4.79 Å². The highest BCUT2D eigenvalue weighted by atomic mass is 35.5. The Morgan fingerprint density at radius 3 is 2.55 bits per heavy atom. The van der Waals surface area contributed by atoms with Gasteiger partial charge in [0.15, 0.2) is 11.5 Å². The van der Waals surface area contributed by atoms with Crippen LogP contribution in [0.15, 0.2) is 56.1 Å². The zero-order chi connectivity index (χ0) is 20.7. The first-order chi connectivity index (χ1) is 13.8. The van der Waals surface area contributed by atoms with Crippen molar-refractivity contribution in [3.63, 3.8) is 0 Å². The van der Waals surface area contributed by atoms with Crippen molar-refractivity contribution in [3.05, 3.63) is 79.6 Å². The van der Waals surface area contributed by atoms with Crippen LogP contribution in [0.1, 0.15) is 16.7 Å². The van der Waals surface area contributed by atoms with Crippen LogP contribution in [0.5, 0.6) is 11.5 Å². The Kier molecular flexibility index (Phi) is 5.03. The Hall–Kier alpha value is -2.89. The number of fused-ring (bicyclic) bond motifs is 1. The molecule has 7 heteroatoms. The molecule has 5 nitrogen and oxygen atoms in total. The predicted molar refractivity (Wildman–Crippen MR) is 112 cm³/mol. The van der Waals surface area contributed by atoms with E-state index in [2.05, 4.69) is 0 Å². The van der Waals surface area contributed by atoms with Crippen LogP contribution in [0.4, 0.5) is 0 Å². The van der Waals surface area contributed by atoms with Gasteiger partial charge in [0, 0.05) is 32.6 Å². The van der Waals surface area contributed by atoms with Gasteiger partial charge in [-0.1, -0.05) is 29.3 Å².